The second-order valence-corrected chi connectivity index (χ2v) is 3.93. The molecule has 1 N–H and O–H groups in total. The molecule has 0 spiro atoms. The largest absolute Gasteiger partial charge is 0.393 e. The summed E-state index contributed by atoms with van der Waals surface area (Å²) in [5.41, 5.74) is 1.37. The van der Waals surface area contributed by atoms with Crippen molar-refractivity contribution in [3.8, 4) is 0 Å². The molecule has 0 saturated carbocycles. The van der Waals surface area contributed by atoms with Crippen molar-refractivity contribution in [2.45, 2.75) is 39.2 Å². The summed E-state index contributed by atoms with van der Waals surface area (Å²) in [6.07, 6.45) is 3.04. The van der Waals surface area contributed by atoms with E-state index in [4.69, 9.17) is 0 Å². The van der Waals surface area contributed by atoms with E-state index in [0.717, 1.165) is 19.3 Å². The van der Waals surface area contributed by atoms with E-state index in [1.54, 1.807) is 0 Å². The third kappa shape index (κ3) is 3.51. The Balaban J connectivity index is 2.40. The summed E-state index contributed by atoms with van der Waals surface area (Å²) in [5, 5.41) is 9.49. The van der Waals surface area contributed by atoms with Gasteiger partial charge in [0.15, 0.2) is 0 Å². The average molecular weight is 192 g/mol. The van der Waals surface area contributed by atoms with Crippen molar-refractivity contribution < 1.29 is 5.11 Å². The van der Waals surface area contributed by atoms with Gasteiger partial charge < -0.3 is 5.11 Å². The van der Waals surface area contributed by atoms with Gasteiger partial charge in [-0.2, -0.15) is 0 Å². The first-order valence-corrected chi connectivity index (χ1v) is 5.46. The van der Waals surface area contributed by atoms with E-state index in [0.29, 0.717) is 5.92 Å². The van der Waals surface area contributed by atoms with Crippen LogP contribution in [0.4, 0.5) is 0 Å². The average Bonchev–Trinajstić information content (AvgIpc) is 2.20. The Morgan fingerprint density at radius 3 is 2.36 bits per heavy atom. The number of rotatable bonds is 5. The Morgan fingerprint density at radius 1 is 1.21 bits per heavy atom. The number of benzene rings is 1. The molecule has 0 aliphatic carbocycles. The molecule has 1 aromatic rings. The Bertz CT molecular complexity index is 241. The number of aliphatic hydroxyl groups is 1. The van der Waals surface area contributed by atoms with Crippen LogP contribution in [-0.4, -0.2) is 11.2 Å². The molecule has 1 heteroatoms. The second kappa shape index (κ2) is 5.82. The number of hydrogen-bond donors (Lipinski definition) is 1. The van der Waals surface area contributed by atoms with E-state index in [9.17, 15) is 5.11 Å². The molecule has 2 unspecified atom stereocenters. The van der Waals surface area contributed by atoms with Gasteiger partial charge in [-0.05, 0) is 31.2 Å². The van der Waals surface area contributed by atoms with Crippen molar-refractivity contribution in [3.63, 3.8) is 0 Å². The van der Waals surface area contributed by atoms with E-state index < -0.39 is 0 Å². The van der Waals surface area contributed by atoms with Crippen molar-refractivity contribution >= 4 is 0 Å². The molecule has 78 valence electrons. The molecule has 0 fully saturated rings. The molecule has 0 amide bonds. The highest BCUT2D eigenvalue weighted by Crippen LogP contribution is 2.16. The number of aliphatic hydroxyl groups excluding tert-OH is 1. The lowest BCUT2D eigenvalue weighted by atomic mass is 9.93. The Labute approximate surface area is 86.8 Å². The first-order chi connectivity index (χ1) is 6.74. The molecule has 0 aromatic heterocycles. The van der Waals surface area contributed by atoms with Crippen LogP contribution >= 0.6 is 0 Å². The smallest absolute Gasteiger partial charge is 0.0540 e. The van der Waals surface area contributed by atoms with E-state index in [2.05, 4.69) is 31.2 Å². The maximum absolute atomic E-state index is 9.49. The van der Waals surface area contributed by atoms with Crippen LogP contribution in [0.5, 0.6) is 0 Å². The molecule has 0 heterocycles. The number of aryl methyl sites for hydroxylation is 1. The predicted molar refractivity (Wildman–Crippen MR) is 60.2 cm³/mol. The van der Waals surface area contributed by atoms with Gasteiger partial charge in [0, 0.05) is 0 Å². The zero-order valence-electron chi connectivity index (χ0n) is 9.11. The van der Waals surface area contributed by atoms with Crippen molar-refractivity contribution in [2.75, 3.05) is 0 Å². The third-order valence-electron chi connectivity index (χ3n) is 2.85. The zero-order chi connectivity index (χ0) is 10.4. The van der Waals surface area contributed by atoms with Crippen LogP contribution in [0.3, 0.4) is 0 Å². The minimum Gasteiger partial charge on any atom is -0.393 e. The summed E-state index contributed by atoms with van der Waals surface area (Å²) in [7, 11) is 0. The molecule has 1 nitrogen and oxygen atoms in total. The minimum absolute atomic E-state index is 0.177. The van der Waals surface area contributed by atoms with Gasteiger partial charge in [0.1, 0.15) is 0 Å². The minimum atomic E-state index is -0.177. The fourth-order valence-electron chi connectivity index (χ4n) is 1.78. The van der Waals surface area contributed by atoms with Crippen LogP contribution in [0.1, 0.15) is 32.3 Å². The van der Waals surface area contributed by atoms with Crippen LogP contribution < -0.4 is 0 Å². The molecule has 1 aromatic carbocycles. The lowest BCUT2D eigenvalue weighted by Gasteiger charge is -2.17. The van der Waals surface area contributed by atoms with Gasteiger partial charge >= 0.3 is 0 Å². The van der Waals surface area contributed by atoms with Crippen LogP contribution in [0.2, 0.25) is 0 Å². The fourth-order valence-corrected chi connectivity index (χ4v) is 1.78. The standard InChI is InChI=1S/C13H20O/c1-3-13(11(2)14)10-9-12-7-5-4-6-8-12/h4-8,11,13-14H,3,9-10H2,1-2H3. The molecule has 0 saturated heterocycles. The molecular formula is C13H20O. The lowest BCUT2D eigenvalue weighted by molar-refractivity contribution is 0.118. The second-order valence-electron chi connectivity index (χ2n) is 3.93. The van der Waals surface area contributed by atoms with E-state index in [1.807, 2.05) is 13.0 Å². The maximum Gasteiger partial charge on any atom is 0.0540 e. The Hall–Kier alpha value is -0.820. The summed E-state index contributed by atoms with van der Waals surface area (Å²) in [6.45, 7) is 4.03. The van der Waals surface area contributed by atoms with Gasteiger partial charge in [-0.25, -0.2) is 0 Å². The van der Waals surface area contributed by atoms with Gasteiger partial charge in [0.2, 0.25) is 0 Å². The first-order valence-electron chi connectivity index (χ1n) is 5.46. The van der Waals surface area contributed by atoms with Crippen LogP contribution in [0.25, 0.3) is 0 Å². The predicted octanol–water partition coefficient (Wildman–Crippen LogP) is 3.03. The van der Waals surface area contributed by atoms with E-state index in [-0.39, 0.29) is 6.10 Å². The van der Waals surface area contributed by atoms with Crippen molar-refractivity contribution in [2.24, 2.45) is 5.92 Å². The summed E-state index contributed by atoms with van der Waals surface area (Å²) in [4.78, 5) is 0. The van der Waals surface area contributed by atoms with Gasteiger partial charge in [0.05, 0.1) is 6.10 Å². The molecule has 0 radical (unpaired) electrons. The zero-order valence-corrected chi connectivity index (χ0v) is 9.11. The summed E-state index contributed by atoms with van der Waals surface area (Å²) >= 11 is 0. The topological polar surface area (TPSA) is 20.2 Å². The van der Waals surface area contributed by atoms with Gasteiger partial charge in [-0.3, -0.25) is 0 Å². The van der Waals surface area contributed by atoms with Crippen LogP contribution in [0.15, 0.2) is 30.3 Å². The van der Waals surface area contributed by atoms with E-state index >= 15 is 0 Å². The van der Waals surface area contributed by atoms with Gasteiger partial charge in [-0.15, -0.1) is 0 Å². The van der Waals surface area contributed by atoms with Crippen LogP contribution in [0, 0.1) is 5.92 Å². The SMILES string of the molecule is CCC(CCc1ccccc1)C(C)O. The van der Waals surface area contributed by atoms with Crippen molar-refractivity contribution in [1.29, 1.82) is 0 Å². The normalized spacial score (nSPS) is 15.1. The molecular weight excluding hydrogens is 172 g/mol. The van der Waals surface area contributed by atoms with E-state index in [1.165, 1.54) is 5.56 Å². The molecule has 14 heavy (non-hydrogen) atoms. The highest BCUT2D eigenvalue weighted by atomic mass is 16.3. The quantitative estimate of drug-likeness (QED) is 0.760. The Kier molecular flexibility index (Phi) is 4.68. The number of hydrogen-bond acceptors (Lipinski definition) is 1. The maximum atomic E-state index is 9.49. The first kappa shape index (κ1) is 11.3. The monoisotopic (exact) mass is 192 g/mol. The Morgan fingerprint density at radius 2 is 1.86 bits per heavy atom. The molecule has 0 aliphatic heterocycles. The molecule has 0 aliphatic rings. The fraction of sp³-hybridized carbons (Fsp3) is 0.538. The lowest BCUT2D eigenvalue weighted by Crippen LogP contribution is -2.16. The third-order valence-corrected chi connectivity index (χ3v) is 2.85. The molecule has 2 atom stereocenters. The van der Waals surface area contributed by atoms with Gasteiger partial charge in [-0.1, -0.05) is 43.7 Å². The summed E-state index contributed by atoms with van der Waals surface area (Å²) in [6, 6.07) is 10.5. The van der Waals surface area contributed by atoms with Crippen molar-refractivity contribution in [3.05, 3.63) is 35.9 Å². The molecule has 0 bridgehead atoms. The van der Waals surface area contributed by atoms with Crippen molar-refractivity contribution in [1.82, 2.24) is 0 Å². The summed E-state index contributed by atoms with van der Waals surface area (Å²) < 4.78 is 0. The van der Waals surface area contributed by atoms with Crippen LogP contribution in [-0.2, 0) is 6.42 Å². The summed E-state index contributed by atoms with van der Waals surface area (Å²) in [5.74, 6) is 0.440. The highest BCUT2D eigenvalue weighted by molar-refractivity contribution is 5.14. The van der Waals surface area contributed by atoms with Gasteiger partial charge in [0.25, 0.3) is 0 Å². The highest BCUT2D eigenvalue weighted by Gasteiger charge is 2.11. The molecule has 1 rings (SSSR count).